The highest BCUT2D eigenvalue weighted by Crippen LogP contribution is 2.29. The first-order chi connectivity index (χ1) is 9.31. The van der Waals surface area contributed by atoms with Crippen molar-refractivity contribution in [3.63, 3.8) is 0 Å². The van der Waals surface area contributed by atoms with Crippen LogP contribution in [0.25, 0.3) is 0 Å². The van der Waals surface area contributed by atoms with Gasteiger partial charge < -0.3 is 19.8 Å². The molecule has 1 fully saturated rings. The third-order valence-corrected chi connectivity index (χ3v) is 3.74. The predicted octanol–water partition coefficient (Wildman–Crippen LogP) is 1.31. The van der Waals surface area contributed by atoms with E-state index in [9.17, 15) is 14.7 Å². The summed E-state index contributed by atoms with van der Waals surface area (Å²) in [4.78, 5) is 24.2. The maximum absolute atomic E-state index is 12.2. The summed E-state index contributed by atoms with van der Waals surface area (Å²) < 4.78 is 6.10. The lowest BCUT2D eigenvalue weighted by Crippen LogP contribution is -2.63. The minimum Gasteiger partial charge on any atom is -0.507 e. The summed E-state index contributed by atoms with van der Waals surface area (Å²) in [5.41, 5.74) is -0.386. The van der Waals surface area contributed by atoms with Gasteiger partial charge in [-0.05, 0) is 47.7 Å². The van der Waals surface area contributed by atoms with Crippen molar-refractivity contribution in [2.24, 2.45) is 0 Å². The Hall–Kier alpha value is -1.35. The van der Waals surface area contributed by atoms with Crippen LogP contribution in [0.4, 0.5) is 0 Å². The Morgan fingerprint density at radius 1 is 1.45 bits per heavy atom. The van der Waals surface area contributed by atoms with E-state index in [4.69, 9.17) is 9.84 Å². The van der Waals surface area contributed by atoms with Crippen LogP contribution in [-0.4, -0.2) is 52.3 Å². The third kappa shape index (κ3) is 3.21. The highest BCUT2D eigenvalue weighted by molar-refractivity contribution is 14.1. The number of aromatic hydroxyl groups is 1. The largest absolute Gasteiger partial charge is 0.507 e. The van der Waals surface area contributed by atoms with Gasteiger partial charge in [-0.15, -0.1) is 0 Å². The Morgan fingerprint density at radius 2 is 2.10 bits per heavy atom. The molecular weight excluding hydrogens is 377 g/mol. The van der Waals surface area contributed by atoms with Crippen LogP contribution in [0.1, 0.15) is 17.3 Å². The van der Waals surface area contributed by atoms with Crippen molar-refractivity contribution in [2.45, 2.75) is 12.5 Å². The van der Waals surface area contributed by atoms with E-state index in [1.165, 1.54) is 11.0 Å². The summed E-state index contributed by atoms with van der Waals surface area (Å²) in [6.45, 7) is 2.00. The first kappa shape index (κ1) is 15.0. The number of nitrogens with zero attached hydrogens (tertiary/aromatic N) is 1. The molecule has 0 radical (unpaired) electrons. The molecule has 1 aliphatic heterocycles. The van der Waals surface area contributed by atoms with Gasteiger partial charge in [-0.3, -0.25) is 4.79 Å². The minimum atomic E-state index is -1.04. The van der Waals surface area contributed by atoms with Gasteiger partial charge in [0.2, 0.25) is 0 Å². The van der Waals surface area contributed by atoms with Crippen LogP contribution >= 0.6 is 22.6 Å². The Balaban J connectivity index is 2.00. The molecule has 0 aliphatic carbocycles. The molecule has 2 N–H and O–H groups in total. The smallest absolute Gasteiger partial charge is 0.329 e. The summed E-state index contributed by atoms with van der Waals surface area (Å²) in [7, 11) is 0. The summed E-state index contributed by atoms with van der Waals surface area (Å²) in [5, 5.41) is 18.3. The van der Waals surface area contributed by atoms with Gasteiger partial charge >= 0.3 is 5.97 Å². The van der Waals surface area contributed by atoms with Crippen LogP contribution in [-0.2, 0) is 9.53 Å². The molecule has 1 saturated heterocycles. The second-order valence-electron chi connectivity index (χ2n) is 4.96. The van der Waals surface area contributed by atoms with Crippen molar-refractivity contribution in [3.8, 4) is 5.75 Å². The summed E-state index contributed by atoms with van der Waals surface area (Å²) in [6, 6.07) is 4.81. The van der Waals surface area contributed by atoms with Gasteiger partial charge in [0, 0.05) is 3.57 Å². The SMILES string of the molecule is CC1(OCC(=O)O)CN(C(=O)c2cc(I)ccc2O)C1. The zero-order valence-corrected chi connectivity index (χ0v) is 13.0. The number of ether oxygens (including phenoxy) is 1. The molecule has 0 spiro atoms. The van der Waals surface area contributed by atoms with Gasteiger partial charge in [-0.1, -0.05) is 0 Å². The fraction of sp³-hybridized carbons (Fsp3) is 0.385. The molecule has 0 aromatic heterocycles. The maximum atomic E-state index is 12.2. The number of hydrogen-bond donors (Lipinski definition) is 2. The van der Waals surface area contributed by atoms with E-state index in [0.29, 0.717) is 13.1 Å². The molecule has 108 valence electrons. The molecule has 0 unspecified atom stereocenters. The van der Waals surface area contributed by atoms with E-state index in [2.05, 4.69) is 22.6 Å². The van der Waals surface area contributed by atoms with Gasteiger partial charge in [-0.2, -0.15) is 0 Å². The number of hydrogen-bond acceptors (Lipinski definition) is 4. The van der Waals surface area contributed by atoms with E-state index in [1.54, 1.807) is 19.1 Å². The molecule has 6 nitrogen and oxygen atoms in total. The van der Waals surface area contributed by atoms with Crippen molar-refractivity contribution < 1.29 is 24.5 Å². The van der Waals surface area contributed by atoms with E-state index >= 15 is 0 Å². The van der Waals surface area contributed by atoms with Crippen molar-refractivity contribution >= 4 is 34.5 Å². The predicted molar refractivity (Wildman–Crippen MR) is 78.7 cm³/mol. The topological polar surface area (TPSA) is 87.1 Å². The lowest BCUT2D eigenvalue weighted by molar-refractivity contribution is -0.159. The number of carbonyl (C=O) groups is 2. The molecule has 1 aromatic rings. The van der Waals surface area contributed by atoms with Gasteiger partial charge in [0.05, 0.1) is 18.7 Å². The number of phenols is 1. The molecule has 1 aliphatic rings. The van der Waals surface area contributed by atoms with E-state index < -0.39 is 11.6 Å². The number of carboxylic acid groups (broad SMARTS) is 1. The Bertz CT molecular complexity index is 554. The second-order valence-corrected chi connectivity index (χ2v) is 6.20. The Kier molecular flexibility index (Phi) is 4.19. The van der Waals surface area contributed by atoms with Crippen LogP contribution in [0.15, 0.2) is 18.2 Å². The molecule has 0 bridgehead atoms. The number of phenolic OH excluding ortho intramolecular Hbond substituents is 1. The molecular formula is C13H14INO5. The van der Waals surface area contributed by atoms with Gasteiger partial charge in [0.1, 0.15) is 18.0 Å². The monoisotopic (exact) mass is 391 g/mol. The first-order valence-electron chi connectivity index (χ1n) is 5.94. The van der Waals surface area contributed by atoms with E-state index in [0.717, 1.165) is 3.57 Å². The van der Waals surface area contributed by atoms with Crippen molar-refractivity contribution in [2.75, 3.05) is 19.7 Å². The highest BCUT2D eigenvalue weighted by Gasteiger charge is 2.43. The standard InChI is InChI=1S/C13H14INO5/c1-13(20-5-11(17)18)6-15(7-13)12(19)9-4-8(14)2-3-10(9)16/h2-4,16H,5-7H2,1H3,(H,17,18). The van der Waals surface area contributed by atoms with E-state index in [-0.39, 0.29) is 23.8 Å². The average Bonchev–Trinajstić information content (AvgIpc) is 2.35. The first-order valence-corrected chi connectivity index (χ1v) is 7.02. The van der Waals surface area contributed by atoms with Gasteiger partial charge in [0.15, 0.2) is 0 Å². The lowest BCUT2D eigenvalue weighted by Gasteiger charge is -2.47. The fourth-order valence-electron chi connectivity index (χ4n) is 2.08. The van der Waals surface area contributed by atoms with Crippen LogP contribution in [0.2, 0.25) is 0 Å². The normalized spacial score (nSPS) is 16.6. The zero-order chi connectivity index (χ0) is 14.9. The highest BCUT2D eigenvalue weighted by atomic mass is 127. The van der Waals surface area contributed by atoms with Crippen molar-refractivity contribution in [3.05, 3.63) is 27.3 Å². The molecule has 7 heteroatoms. The number of carbonyl (C=O) groups excluding carboxylic acids is 1. The number of carboxylic acids is 1. The second kappa shape index (κ2) is 5.57. The number of benzene rings is 1. The molecule has 0 saturated carbocycles. The maximum Gasteiger partial charge on any atom is 0.329 e. The molecule has 2 rings (SSSR count). The van der Waals surface area contributed by atoms with Gasteiger partial charge in [0.25, 0.3) is 5.91 Å². The molecule has 20 heavy (non-hydrogen) atoms. The van der Waals surface area contributed by atoms with Crippen LogP contribution < -0.4 is 0 Å². The Morgan fingerprint density at radius 3 is 2.70 bits per heavy atom. The number of aliphatic carboxylic acids is 1. The minimum absolute atomic E-state index is 0.0597. The van der Waals surface area contributed by atoms with Crippen LogP contribution in [0, 0.1) is 3.57 Å². The molecule has 1 heterocycles. The number of rotatable bonds is 4. The molecule has 0 atom stereocenters. The lowest BCUT2D eigenvalue weighted by atomic mass is 9.95. The summed E-state index contributed by atoms with van der Waals surface area (Å²) >= 11 is 2.06. The van der Waals surface area contributed by atoms with Crippen molar-refractivity contribution in [1.82, 2.24) is 4.90 Å². The zero-order valence-electron chi connectivity index (χ0n) is 10.8. The van der Waals surface area contributed by atoms with Crippen LogP contribution in [0.5, 0.6) is 5.75 Å². The Labute approximate surface area is 129 Å². The quantitative estimate of drug-likeness (QED) is 0.756. The molecule has 1 amide bonds. The number of likely N-dealkylation sites (tertiary alicyclic amines) is 1. The van der Waals surface area contributed by atoms with Gasteiger partial charge in [-0.25, -0.2) is 4.79 Å². The third-order valence-electron chi connectivity index (χ3n) is 3.07. The number of amides is 1. The fourth-order valence-corrected chi connectivity index (χ4v) is 2.57. The summed E-state index contributed by atoms with van der Waals surface area (Å²) in [6.07, 6.45) is 0. The average molecular weight is 391 g/mol. The number of halogens is 1. The van der Waals surface area contributed by atoms with E-state index in [1.807, 2.05) is 0 Å². The van der Waals surface area contributed by atoms with Crippen LogP contribution in [0.3, 0.4) is 0 Å². The summed E-state index contributed by atoms with van der Waals surface area (Å²) in [5.74, 6) is -1.38. The molecule has 1 aromatic carbocycles. The van der Waals surface area contributed by atoms with Crippen molar-refractivity contribution in [1.29, 1.82) is 0 Å².